The van der Waals surface area contributed by atoms with Crippen molar-refractivity contribution in [2.45, 2.75) is 72.0 Å². The minimum Gasteiger partial charge on any atom is -0.393 e. The Balaban J connectivity index is 1.93. The molecule has 19 heavy (non-hydrogen) atoms. The second-order valence-electron chi connectivity index (χ2n) is 7.74. The van der Waals surface area contributed by atoms with Gasteiger partial charge in [-0.25, -0.2) is 0 Å². The predicted molar refractivity (Wildman–Crippen MR) is 78.7 cm³/mol. The number of aliphatic hydroxyl groups is 2. The van der Waals surface area contributed by atoms with Gasteiger partial charge in [-0.3, -0.25) is 0 Å². The molecule has 8 unspecified atom stereocenters. The van der Waals surface area contributed by atoms with Gasteiger partial charge in [-0.1, -0.05) is 27.7 Å². The predicted octanol–water partition coefficient (Wildman–Crippen LogP) is 3.46. The summed E-state index contributed by atoms with van der Waals surface area (Å²) in [5, 5.41) is 19.9. The molecule has 2 aliphatic rings. The third kappa shape index (κ3) is 3.52. The average molecular weight is 268 g/mol. The van der Waals surface area contributed by atoms with Crippen LogP contribution in [0, 0.1) is 35.5 Å². The van der Waals surface area contributed by atoms with E-state index in [-0.39, 0.29) is 12.2 Å². The molecule has 0 aliphatic heterocycles. The van der Waals surface area contributed by atoms with Crippen molar-refractivity contribution in [2.24, 2.45) is 35.5 Å². The summed E-state index contributed by atoms with van der Waals surface area (Å²) in [7, 11) is 0. The first-order valence-electron chi connectivity index (χ1n) is 8.24. The molecule has 2 fully saturated rings. The number of rotatable bonds is 2. The fourth-order valence-corrected chi connectivity index (χ4v) is 4.39. The molecule has 0 aromatic carbocycles. The highest BCUT2D eigenvalue weighted by molar-refractivity contribution is 4.87. The first-order chi connectivity index (χ1) is 8.88. The van der Waals surface area contributed by atoms with Crippen LogP contribution in [0.3, 0.4) is 0 Å². The molecule has 112 valence electrons. The normalized spacial score (nSPS) is 52.1. The maximum Gasteiger partial charge on any atom is 0.0568 e. The Morgan fingerprint density at radius 2 is 1.00 bits per heavy atom. The van der Waals surface area contributed by atoms with Crippen LogP contribution in [0.15, 0.2) is 0 Å². The lowest BCUT2D eigenvalue weighted by molar-refractivity contribution is -0.00651. The van der Waals surface area contributed by atoms with Crippen molar-refractivity contribution in [3.63, 3.8) is 0 Å². The molecule has 0 aromatic heterocycles. The van der Waals surface area contributed by atoms with Crippen LogP contribution < -0.4 is 0 Å². The number of hydrogen-bond donors (Lipinski definition) is 2. The van der Waals surface area contributed by atoms with E-state index < -0.39 is 0 Å². The minimum absolute atomic E-state index is 0.0872. The van der Waals surface area contributed by atoms with Crippen LogP contribution in [0.4, 0.5) is 0 Å². The molecular weight excluding hydrogens is 236 g/mol. The van der Waals surface area contributed by atoms with Crippen molar-refractivity contribution < 1.29 is 10.2 Å². The maximum absolute atomic E-state index is 9.97. The Kier molecular flexibility index (Phi) is 4.94. The molecule has 0 aromatic rings. The van der Waals surface area contributed by atoms with Crippen molar-refractivity contribution in [2.75, 3.05) is 0 Å². The molecule has 2 aliphatic carbocycles. The van der Waals surface area contributed by atoms with Gasteiger partial charge in [0, 0.05) is 0 Å². The Morgan fingerprint density at radius 3 is 1.37 bits per heavy atom. The number of aliphatic hydroxyl groups excluding tert-OH is 2. The summed E-state index contributed by atoms with van der Waals surface area (Å²) in [6, 6.07) is 0. The van der Waals surface area contributed by atoms with Gasteiger partial charge in [-0.15, -0.1) is 0 Å². The zero-order valence-electron chi connectivity index (χ0n) is 13.0. The van der Waals surface area contributed by atoms with Gasteiger partial charge < -0.3 is 10.2 Å². The van der Waals surface area contributed by atoms with Gasteiger partial charge in [0.15, 0.2) is 0 Å². The van der Waals surface area contributed by atoms with Crippen LogP contribution in [0.5, 0.6) is 0 Å². The van der Waals surface area contributed by atoms with E-state index in [0.29, 0.717) is 23.7 Å². The molecule has 0 spiro atoms. The van der Waals surface area contributed by atoms with E-state index in [0.717, 1.165) is 24.7 Å². The molecule has 8 atom stereocenters. The highest BCUT2D eigenvalue weighted by atomic mass is 16.3. The lowest BCUT2D eigenvalue weighted by Crippen LogP contribution is -2.37. The molecule has 2 nitrogen and oxygen atoms in total. The third-order valence-corrected chi connectivity index (χ3v) is 6.10. The Bertz CT molecular complexity index is 263. The van der Waals surface area contributed by atoms with Crippen LogP contribution in [-0.2, 0) is 0 Å². The van der Waals surface area contributed by atoms with Crippen molar-refractivity contribution in [1.29, 1.82) is 0 Å². The Morgan fingerprint density at radius 1 is 0.632 bits per heavy atom. The molecule has 2 saturated carbocycles. The smallest absolute Gasteiger partial charge is 0.0568 e. The monoisotopic (exact) mass is 268 g/mol. The van der Waals surface area contributed by atoms with Gasteiger partial charge in [0.05, 0.1) is 12.2 Å². The molecule has 2 heteroatoms. The fourth-order valence-electron chi connectivity index (χ4n) is 4.39. The van der Waals surface area contributed by atoms with E-state index in [1.807, 2.05) is 0 Å². The van der Waals surface area contributed by atoms with Crippen LogP contribution >= 0.6 is 0 Å². The summed E-state index contributed by atoms with van der Waals surface area (Å²) in [4.78, 5) is 0. The molecule has 2 rings (SSSR count). The standard InChI is InChI=1S/C17H32O2/c1-10-7-16(18)12(3)5-14(10)9-15-6-13(4)17(19)8-11(15)2/h10-19H,5-9H2,1-4H3. The molecule has 0 bridgehead atoms. The quantitative estimate of drug-likeness (QED) is 0.805. The maximum atomic E-state index is 9.97. The second kappa shape index (κ2) is 6.13. The molecular formula is C17H32O2. The minimum atomic E-state index is -0.0872. The van der Waals surface area contributed by atoms with Crippen molar-refractivity contribution in [1.82, 2.24) is 0 Å². The topological polar surface area (TPSA) is 40.5 Å². The van der Waals surface area contributed by atoms with E-state index in [1.165, 1.54) is 19.3 Å². The summed E-state index contributed by atoms with van der Waals surface area (Å²) in [6.07, 6.45) is 5.45. The van der Waals surface area contributed by atoms with E-state index in [2.05, 4.69) is 27.7 Å². The molecule has 0 radical (unpaired) electrons. The van der Waals surface area contributed by atoms with Crippen molar-refractivity contribution in [3.8, 4) is 0 Å². The largest absolute Gasteiger partial charge is 0.393 e. The van der Waals surface area contributed by atoms with Crippen molar-refractivity contribution >= 4 is 0 Å². The summed E-state index contributed by atoms with van der Waals surface area (Å²) in [5.41, 5.74) is 0. The highest BCUT2D eigenvalue weighted by Crippen LogP contribution is 2.43. The zero-order valence-corrected chi connectivity index (χ0v) is 13.0. The van der Waals surface area contributed by atoms with Gasteiger partial charge in [0.2, 0.25) is 0 Å². The van der Waals surface area contributed by atoms with E-state index >= 15 is 0 Å². The Labute approximate surface area is 118 Å². The summed E-state index contributed by atoms with van der Waals surface area (Å²) in [6.45, 7) is 9.01. The van der Waals surface area contributed by atoms with E-state index in [4.69, 9.17) is 0 Å². The lowest BCUT2D eigenvalue weighted by atomic mass is 9.65. The lowest BCUT2D eigenvalue weighted by Gasteiger charge is -2.42. The molecule has 0 amide bonds. The first kappa shape index (κ1) is 15.3. The molecule has 0 heterocycles. The van der Waals surface area contributed by atoms with Gasteiger partial charge in [-0.2, -0.15) is 0 Å². The average Bonchev–Trinajstić information content (AvgIpc) is 2.32. The van der Waals surface area contributed by atoms with Crippen molar-refractivity contribution in [3.05, 3.63) is 0 Å². The zero-order chi connectivity index (χ0) is 14.2. The SMILES string of the molecule is CC1CC(CC2CC(C)C(O)CC2C)C(C)CC1O. The summed E-state index contributed by atoms with van der Waals surface area (Å²) < 4.78 is 0. The first-order valence-corrected chi connectivity index (χ1v) is 8.24. The second-order valence-corrected chi connectivity index (χ2v) is 7.74. The van der Waals surface area contributed by atoms with Crippen LogP contribution in [0.2, 0.25) is 0 Å². The Hall–Kier alpha value is -0.0800. The van der Waals surface area contributed by atoms with Gasteiger partial charge in [-0.05, 0) is 67.6 Å². The molecule has 0 saturated heterocycles. The van der Waals surface area contributed by atoms with E-state index in [9.17, 15) is 10.2 Å². The van der Waals surface area contributed by atoms with E-state index in [1.54, 1.807) is 0 Å². The van der Waals surface area contributed by atoms with Crippen LogP contribution in [0.1, 0.15) is 59.8 Å². The van der Waals surface area contributed by atoms with Crippen LogP contribution in [0.25, 0.3) is 0 Å². The molecule has 2 N–H and O–H groups in total. The fraction of sp³-hybridized carbons (Fsp3) is 1.00. The highest BCUT2D eigenvalue weighted by Gasteiger charge is 2.37. The van der Waals surface area contributed by atoms with Gasteiger partial charge >= 0.3 is 0 Å². The van der Waals surface area contributed by atoms with Crippen LogP contribution in [-0.4, -0.2) is 22.4 Å². The summed E-state index contributed by atoms with van der Waals surface area (Å²) in [5.74, 6) is 3.77. The summed E-state index contributed by atoms with van der Waals surface area (Å²) >= 11 is 0. The van der Waals surface area contributed by atoms with Gasteiger partial charge in [0.25, 0.3) is 0 Å². The van der Waals surface area contributed by atoms with Gasteiger partial charge in [0.1, 0.15) is 0 Å². The number of hydrogen-bond acceptors (Lipinski definition) is 2. The third-order valence-electron chi connectivity index (χ3n) is 6.10.